The van der Waals surface area contributed by atoms with Crippen LogP contribution in [0.25, 0.3) is 16.9 Å². The van der Waals surface area contributed by atoms with Crippen LogP contribution in [0.2, 0.25) is 0 Å². The normalized spacial score (nSPS) is 12.4. The van der Waals surface area contributed by atoms with Crippen LogP contribution in [-0.2, 0) is 6.54 Å². The summed E-state index contributed by atoms with van der Waals surface area (Å²) in [6, 6.07) is 14.2. The Morgan fingerprint density at radius 1 is 1.12 bits per heavy atom. The molecule has 0 unspecified atom stereocenters. The SMILES string of the molecule is C[C@@H](Cn1cncn1)Nc1cc(-c2ccccc2)nc2ccnn12. The van der Waals surface area contributed by atoms with Crippen molar-refractivity contribution in [1.82, 2.24) is 29.4 Å². The van der Waals surface area contributed by atoms with Gasteiger partial charge in [0.2, 0.25) is 0 Å². The summed E-state index contributed by atoms with van der Waals surface area (Å²) in [5.41, 5.74) is 2.80. The van der Waals surface area contributed by atoms with Crippen LogP contribution in [0.1, 0.15) is 6.92 Å². The minimum Gasteiger partial charge on any atom is -0.366 e. The molecule has 0 amide bonds. The number of hydrogen-bond acceptors (Lipinski definition) is 5. The first-order valence-corrected chi connectivity index (χ1v) is 7.79. The van der Waals surface area contributed by atoms with E-state index in [1.165, 1.54) is 0 Å². The van der Waals surface area contributed by atoms with Crippen LogP contribution in [-0.4, -0.2) is 35.4 Å². The van der Waals surface area contributed by atoms with Gasteiger partial charge < -0.3 is 5.32 Å². The second kappa shape index (κ2) is 6.11. The van der Waals surface area contributed by atoms with Gasteiger partial charge in [0.05, 0.1) is 18.4 Å². The Labute approximate surface area is 139 Å². The molecule has 4 rings (SSSR count). The fraction of sp³-hybridized carbons (Fsp3) is 0.176. The molecule has 4 aromatic rings. The van der Waals surface area contributed by atoms with Gasteiger partial charge in [-0.25, -0.2) is 9.97 Å². The monoisotopic (exact) mass is 319 g/mol. The minimum absolute atomic E-state index is 0.158. The highest BCUT2D eigenvalue weighted by Gasteiger charge is 2.11. The maximum absolute atomic E-state index is 4.68. The number of anilines is 1. The van der Waals surface area contributed by atoms with Gasteiger partial charge in [-0.15, -0.1) is 0 Å². The second-order valence-electron chi connectivity index (χ2n) is 5.66. The molecule has 0 aliphatic carbocycles. The third-order valence-corrected chi connectivity index (χ3v) is 3.75. The van der Waals surface area contributed by atoms with Gasteiger partial charge >= 0.3 is 0 Å². The predicted octanol–water partition coefficient (Wildman–Crippen LogP) is 2.49. The maximum atomic E-state index is 4.68. The maximum Gasteiger partial charge on any atom is 0.157 e. The molecular weight excluding hydrogens is 302 g/mol. The highest BCUT2D eigenvalue weighted by Crippen LogP contribution is 2.22. The predicted molar refractivity (Wildman–Crippen MR) is 91.5 cm³/mol. The van der Waals surface area contributed by atoms with Gasteiger partial charge in [-0.2, -0.15) is 14.7 Å². The van der Waals surface area contributed by atoms with E-state index in [2.05, 4.69) is 44.5 Å². The van der Waals surface area contributed by atoms with Crippen molar-refractivity contribution in [2.45, 2.75) is 19.5 Å². The standard InChI is InChI=1S/C17H17N7/c1-13(10-23-12-18-11-20-23)21-17-9-15(14-5-3-2-4-6-14)22-16-7-8-19-24(16)17/h2-9,11-13,21H,10H2,1H3/t13-/m0/s1. The Morgan fingerprint density at radius 2 is 2.00 bits per heavy atom. The molecule has 120 valence electrons. The summed E-state index contributed by atoms with van der Waals surface area (Å²) in [5.74, 6) is 0.900. The van der Waals surface area contributed by atoms with E-state index in [9.17, 15) is 0 Å². The van der Waals surface area contributed by atoms with Gasteiger partial charge in [0.1, 0.15) is 18.5 Å². The summed E-state index contributed by atoms with van der Waals surface area (Å²) in [6.07, 6.45) is 5.01. The molecule has 0 bridgehead atoms. The van der Waals surface area contributed by atoms with Crippen molar-refractivity contribution in [1.29, 1.82) is 0 Å². The van der Waals surface area contributed by atoms with E-state index in [4.69, 9.17) is 0 Å². The van der Waals surface area contributed by atoms with Crippen LogP contribution in [0.5, 0.6) is 0 Å². The zero-order valence-electron chi connectivity index (χ0n) is 13.2. The second-order valence-corrected chi connectivity index (χ2v) is 5.66. The Balaban J connectivity index is 1.67. The average Bonchev–Trinajstić information content (AvgIpc) is 3.27. The summed E-state index contributed by atoms with van der Waals surface area (Å²) >= 11 is 0. The van der Waals surface area contributed by atoms with Crippen LogP contribution in [0, 0.1) is 0 Å². The molecule has 0 saturated heterocycles. The van der Waals surface area contributed by atoms with Crippen molar-refractivity contribution in [3.05, 3.63) is 61.3 Å². The first-order valence-electron chi connectivity index (χ1n) is 7.79. The lowest BCUT2D eigenvalue weighted by molar-refractivity contribution is 0.557. The number of rotatable bonds is 5. The Bertz CT molecular complexity index is 928. The largest absolute Gasteiger partial charge is 0.366 e. The summed E-state index contributed by atoms with van der Waals surface area (Å²) in [7, 11) is 0. The zero-order chi connectivity index (χ0) is 16.4. The molecule has 24 heavy (non-hydrogen) atoms. The van der Waals surface area contributed by atoms with E-state index in [1.807, 2.05) is 34.8 Å². The van der Waals surface area contributed by atoms with Crippen molar-refractivity contribution >= 4 is 11.5 Å². The number of nitrogens with zero attached hydrogens (tertiary/aromatic N) is 6. The fourth-order valence-corrected chi connectivity index (χ4v) is 2.68. The van der Waals surface area contributed by atoms with Crippen molar-refractivity contribution in [3.63, 3.8) is 0 Å². The van der Waals surface area contributed by atoms with Gasteiger partial charge in [-0.3, -0.25) is 4.68 Å². The van der Waals surface area contributed by atoms with E-state index < -0.39 is 0 Å². The van der Waals surface area contributed by atoms with Gasteiger partial charge in [0.25, 0.3) is 0 Å². The van der Waals surface area contributed by atoms with Crippen molar-refractivity contribution in [3.8, 4) is 11.3 Å². The fourth-order valence-electron chi connectivity index (χ4n) is 2.68. The number of hydrogen-bond donors (Lipinski definition) is 1. The molecule has 3 heterocycles. The smallest absolute Gasteiger partial charge is 0.157 e. The van der Waals surface area contributed by atoms with E-state index in [0.29, 0.717) is 6.54 Å². The van der Waals surface area contributed by atoms with Crippen molar-refractivity contribution < 1.29 is 0 Å². The third-order valence-electron chi connectivity index (χ3n) is 3.75. The molecule has 0 aliphatic heterocycles. The van der Waals surface area contributed by atoms with Gasteiger partial charge in [-0.05, 0) is 6.92 Å². The average molecular weight is 319 g/mol. The van der Waals surface area contributed by atoms with Crippen molar-refractivity contribution in [2.24, 2.45) is 0 Å². The molecule has 1 atom stereocenters. The van der Waals surface area contributed by atoms with Crippen LogP contribution in [0.15, 0.2) is 61.3 Å². The highest BCUT2D eigenvalue weighted by molar-refractivity contribution is 5.66. The molecule has 1 N–H and O–H groups in total. The Hall–Kier alpha value is -3.22. The number of benzene rings is 1. The summed E-state index contributed by atoms with van der Waals surface area (Å²) < 4.78 is 3.61. The Morgan fingerprint density at radius 3 is 2.79 bits per heavy atom. The van der Waals surface area contributed by atoms with Crippen LogP contribution in [0.3, 0.4) is 0 Å². The third kappa shape index (κ3) is 2.83. The quantitative estimate of drug-likeness (QED) is 0.612. The molecule has 0 radical (unpaired) electrons. The lowest BCUT2D eigenvalue weighted by Crippen LogP contribution is -2.23. The molecule has 1 aromatic carbocycles. The van der Waals surface area contributed by atoms with E-state index >= 15 is 0 Å². The number of fused-ring (bicyclic) bond motifs is 1. The Kier molecular flexibility index (Phi) is 3.66. The molecule has 7 heteroatoms. The number of nitrogens with one attached hydrogen (secondary N) is 1. The zero-order valence-corrected chi connectivity index (χ0v) is 13.2. The van der Waals surface area contributed by atoms with Crippen LogP contribution in [0.4, 0.5) is 5.82 Å². The molecule has 0 saturated carbocycles. The first-order chi connectivity index (χ1) is 11.8. The van der Waals surface area contributed by atoms with E-state index in [0.717, 1.165) is 22.7 Å². The molecule has 0 spiro atoms. The summed E-state index contributed by atoms with van der Waals surface area (Å²) in [5, 5.41) is 12.0. The summed E-state index contributed by atoms with van der Waals surface area (Å²) in [4.78, 5) is 8.66. The van der Waals surface area contributed by atoms with Crippen LogP contribution >= 0.6 is 0 Å². The summed E-state index contributed by atoms with van der Waals surface area (Å²) in [6.45, 7) is 2.81. The molecule has 0 aliphatic rings. The minimum atomic E-state index is 0.158. The van der Waals surface area contributed by atoms with E-state index in [1.54, 1.807) is 23.5 Å². The molecular formula is C17H17N7. The number of aromatic nitrogens is 6. The lowest BCUT2D eigenvalue weighted by Gasteiger charge is -2.16. The highest BCUT2D eigenvalue weighted by atomic mass is 15.3. The molecule has 0 fully saturated rings. The topological polar surface area (TPSA) is 72.9 Å². The van der Waals surface area contributed by atoms with Gasteiger partial charge in [0, 0.05) is 23.7 Å². The van der Waals surface area contributed by atoms with Crippen LogP contribution < -0.4 is 5.32 Å². The van der Waals surface area contributed by atoms with Gasteiger partial charge in [-0.1, -0.05) is 30.3 Å². The molecule has 7 nitrogen and oxygen atoms in total. The van der Waals surface area contributed by atoms with Gasteiger partial charge in [0.15, 0.2) is 5.65 Å². The van der Waals surface area contributed by atoms with Crippen molar-refractivity contribution in [2.75, 3.05) is 5.32 Å². The molecule has 3 aromatic heterocycles. The first kappa shape index (κ1) is 14.4. The lowest BCUT2D eigenvalue weighted by atomic mass is 10.1. The van der Waals surface area contributed by atoms with E-state index in [-0.39, 0.29) is 6.04 Å².